The van der Waals surface area contributed by atoms with Crippen LogP contribution < -0.4 is 30.6 Å². The Morgan fingerprint density at radius 2 is 0.458 bits per heavy atom. The summed E-state index contributed by atoms with van der Waals surface area (Å²) < 4.78 is 0. The number of rotatable bonds is 6. The fraction of sp³-hybridized carbons (Fsp3) is 0. The third-order valence-corrected chi connectivity index (χ3v) is 17.0. The van der Waals surface area contributed by atoms with Gasteiger partial charge in [0, 0.05) is 33.0 Å². The molecule has 0 aromatic heterocycles. The first-order chi connectivity index (χ1) is 29.2. The van der Waals surface area contributed by atoms with Crippen LogP contribution in [0.3, 0.4) is 0 Å². The van der Waals surface area contributed by atoms with Crippen molar-refractivity contribution in [1.82, 2.24) is 0 Å². The van der Waals surface area contributed by atoms with E-state index < -0.39 is 6.04 Å². The fourth-order valence-electron chi connectivity index (χ4n) is 9.47. The van der Waals surface area contributed by atoms with Gasteiger partial charge >= 0.3 is 0 Å². The molecular formula is C54H36N3PS. The zero-order valence-corrected chi connectivity index (χ0v) is 33.7. The average molecular weight is 790 g/mol. The van der Waals surface area contributed by atoms with Crippen molar-refractivity contribution < 1.29 is 0 Å². The molecule has 0 saturated carbocycles. The summed E-state index contributed by atoms with van der Waals surface area (Å²) in [5, 5.41) is 3.73. The molecular weight excluding hydrogens is 754 g/mol. The van der Waals surface area contributed by atoms with Crippen LogP contribution in [0.2, 0.25) is 0 Å². The van der Waals surface area contributed by atoms with Crippen LogP contribution in [-0.4, -0.2) is 0 Å². The summed E-state index contributed by atoms with van der Waals surface area (Å²) in [6.07, 6.45) is 0. The molecule has 0 spiro atoms. The highest BCUT2D eigenvalue weighted by Gasteiger charge is 2.51. The molecule has 0 N–H and O–H groups in total. The van der Waals surface area contributed by atoms with Crippen molar-refractivity contribution in [2.45, 2.75) is 0 Å². The lowest BCUT2D eigenvalue weighted by molar-refractivity contribution is 1.23. The van der Waals surface area contributed by atoms with E-state index in [1.54, 1.807) is 0 Å². The Morgan fingerprint density at radius 3 is 0.695 bits per heavy atom. The predicted octanol–water partition coefficient (Wildman–Crippen LogP) is 13.8. The van der Waals surface area contributed by atoms with Crippen molar-refractivity contribution in [3.63, 3.8) is 0 Å². The zero-order valence-electron chi connectivity index (χ0n) is 32.0. The van der Waals surface area contributed by atoms with Crippen molar-refractivity contribution >= 4 is 84.9 Å². The van der Waals surface area contributed by atoms with E-state index >= 15 is 0 Å². The number of hydrogen-bond donors (Lipinski definition) is 0. The van der Waals surface area contributed by atoms with Gasteiger partial charge in [0.05, 0.1) is 40.2 Å². The van der Waals surface area contributed by atoms with Gasteiger partial charge in [-0.15, -0.1) is 0 Å². The number of benzene rings is 9. The summed E-state index contributed by atoms with van der Waals surface area (Å²) in [4.78, 5) is 7.38. The summed E-state index contributed by atoms with van der Waals surface area (Å²) in [7, 11) is 0. The van der Waals surface area contributed by atoms with Crippen LogP contribution >= 0.6 is 6.04 Å². The minimum atomic E-state index is -2.62. The van der Waals surface area contributed by atoms with E-state index in [2.05, 4.69) is 233 Å². The van der Waals surface area contributed by atoms with E-state index in [1.165, 1.54) is 49.3 Å². The molecule has 0 saturated heterocycles. The number of nitrogens with zero attached hydrogens (tertiary/aromatic N) is 3. The van der Waals surface area contributed by atoms with Gasteiger partial charge in [-0.3, -0.25) is 0 Å². The summed E-state index contributed by atoms with van der Waals surface area (Å²) in [5.41, 5.74) is 17.4. The van der Waals surface area contributed by atoms with E-state index in [4.69, 9.17) is 11.8 Å². The fourth-order valence-corrected chi connectivity index (χ4v) is 14.8. The second-order valence-electron chi connectivity index (χ2n) is 15.3. The molecule has 3 heterocycles. The van der Waals surface area contributed by atoms with Crippen LogP contribution in [-0.2, 0) is 11.8 Å². The van der Waals surface area contributed by atoms with Crippen LogP contribution in [0.1, 0.15) is 0 Å². The van der Waals surface area contributed by atoms with Gasteiger partial charge in [0.15, 0.2) is 0 Å². The molecule has 278 valence electrons. The topological polar surface area (TPSA) is 9.72 Å². The number of anilines is 9. The SMILES string of the molecule is S=P12c3c4cccc3N(c3ccc(-c5ccccc5)cc3)c3cccc(c31)N(c1ccc(-c3ccccc3)cc1)c1cccc(c12)N4c1ccc(-c2ccccc2)cc1. The Hall–Kier alpha value is -6.97. The minimum absolute atomic E-state index is 1.11. The molecule has 5 heteroatoms. The maximum atomic E-state index is 7.38. The minimum Gasteiger partial charge on any atom is -0.309 e. The van der Waals surface area contributed by atoms with Crippen molar-refractivity contribution in [3.05, 3.63) is 218 Å². The third-order valence-electron chi connectivity index (χ3n) is 12.1. The molecule has 3 nitrogen and oxygen atoms in total. The Labute approximate surface area is 349 Å². The lowest BCUT2D eigenvalue weighted by Gasteiger charge is -2.51. The zero-order chi connectivity index (χ0) is 39.1. The Balaban J connectivity index is 1.11. The van der Waals surface area contributed by atoms with Gasteiger partial charge in [0.1, 0.15) is 0 Å². The molecule has 3 aliphatic rings. The Morgan fingerprint density at radius 1 is 0.237 bits per heavy atom. The molecule has 0 aliphatic carbocycles. The van der Waals surface area contributed by atoms with Crippen molar-refractivity contribution in [1.29, 1.82) is 0 Å². The quantitative estimate of drug-likeness (QED) is 0.155. The summed E-state index contributed by atoms with van der Waals surface area (Å²) in [5.74, 6) is 0. The number of hydrogen-bond acceptors (Lipinski definition) is 4. The predicted molar refractivity (Wildman–Crippen MR) is 254 cm³/mol. The summed E-state index contributed by atoms with van der Waals surface area (Å²) in [6, 6.07) is 76.6. The molecule has 0 bridgehead atoms. The lowest BCUT2D eigenvalue weighted by Crippen LogP contribution is -2.47. The summed E-state index contributed by atoms with van der Waals surface area (Å²) >= 11 is 7.38. The van der Waals surface area contributed by atoms with Gasteiger partial charge < -0.3 is 14.7 Å². The van der Waals surface area contributed by atoms with Crippen molar-refractivity contribution in [3.8, 4) is 33.4 Å². The van der Waals surface area contributed by atoms with E-state index in [0.29, 0.717) is 0 Å². The molecule has 3 aliphatic heterocycles. The highest BCUT2D eigenvalue weighted by atomic mass is 32.4. The Kier molecular flexibility index (Phi) is 7.68. The molecule has 0 atom stereocenters. The van der Waals surface area contributed by atoms with Crippen LogP contribution in [0.15, 0.2) is 218 Å². The molecule has 9 aromatic rings. The average Bonchev–Trinajstić information content (AvgIpc) is 3.30. The molecule has 59 heavy (non-hydrogen) atoms. The largest absolute Gasteiger partial charge is 0.309 e. The van der Waals surface area contributed by atoms with Gasteiger partial charge in [-0.25, -0.2) is 0 Å². The monoisotopic (exact) mass is 789 g/mol. The van der Waals surface area contributed by atoms with Gasteiger partial charge in [0.2, 0.25) is 0 Å². The van der Waals surface area contributed by atoms with Crippen LogP contribution in [0, 0.1) is 0 Å². The second-order valence-corrected chi connectivity index (χ2v) is 19.5. The third kappa shape index (κ3) is 5.10. The smallest absolute Gasteiger partial charge is 0.0573 e. The van der Waals surface area contributed by atoms with Crippen molar-refractivity contribution in [2.24, 2.45) is 0 Å². The highest BCUT2D eigenvalue weighted by Crippen LogP contribution is 2.67. The van der Waals surface area contributed by atoms with E-state index in [0.717, 1.165) is 51.2 Å². The Bertz CT molecular complexity index is 2710. The molecule has 0 fully saturated rings. The lowest BCUT2D eigenvalue weighted by atomic mass is 10.0. The molecule has 12 rings (SSSR count). The van der Waals surface area contributed by atoms with E-state index in [-0.39, 0.29) is 0 Å². The van der Waals surface area contributed by atoms with Gasteiger partial charge in [-0.05, 0) is 106 Å². The van der Waals surface area contributed by atoms with E-state index in [9.17, 15) is 0 Å². The summed E-state index contributed by atoms with van der Waals surface area (Å²) in [6.45, 7) is 0. The van der Waals surface area contributed by atoms with E-state index in [1.807, 2.05) is 0 Å². The molecule has 0 unspecified atom stereocenters. The van der Waals surface area contributed by atoms with Crippen LogP contribution in [0.4, 0.5) is 51.2 Å². The van der Waals surface area contributed by atoms with Crippen LogP contribution in [0.5, 0.6) is 0 Å². The first-order valence-corrected chi connectivity index (χ1v) is 22.8. The maximum absolute atomic E-state index is 7.38. The maximum Gasteiger partial charge on any atom is 0.0573 e. The molecule has 0 amide bonds. The van der Waals surface area contributed by atoms with Gasteiger partial charge in [0.25, 0.3) is 0 Å². The first kappa shape index (κ1) is 34.1. The molecule has 9 aromatic carbocycles. The highest BCUT2D eigenvalue weighted by molar-refractivity contribution is 8.26. The molecule has 0 radical (unpaired) electrons. The standard InChI is InChI=1S/C54H36N3PS/c59-58-52-46-19-10-21-48(52)56(44-33-27-41(28-34-44)38-15-6-2-7-16-38)50-23-12-24-51(54(50)58)57(45-35-29-42(30-36-45)39-17-8-3-9-18-39)49-22-11-20-47(53(49)58)55(46)43-31-25-40(26-32-43)37-13-4-1-5-14-37/h1-36H. The van der Waals surface area contributed by atoms with Crippen molar-refractivity contribution in [2.75, 3.05) is 14.7 Å². The first-order valence-electron chi connectivity index (χ1n) is 20.0. The van der Waals surface area contributed by atoms with Gasteiger partial charge in [-0.2, -0.15) is 0 Å². The second kappa shape index (κ2) is 13.3. The normalized spacial score (nSPS) is 13.9. The van der Waals surface area contributed by atoms with Crippen LogP contribution in [0.25, 0.3) is 33.4 Å². The van der Waals surface area contributed by atoms with Gasteiger partial charge in [-0.1, -0.05) is 157 Å².